The van der Waals surface area contributed by atoms with Gasteiger partial charge in [0, 0.05) is 19.4 Å². The number of unbranched alkanes of at least 4 members (excludes halogenated alkanes) is 14. The van der Waals surface area contributed by atoms with Crippen LogP contribution in [0.2, 0.25) is 0 Å². The van der Waals surface area contributed by atoms with Crippen molar-refractivity contribution in [2.75, 3.05) is 45.9 Å². The Balaban J connectivity index is 2.09. The zero-order valence-electron chi connectivity index (χ0n) is 25.0. The average Bonchev–Trinajstić information content (AvgIpc) is 3.32. The maximum absolute atomic E-state index is 11.9. The van der Waals surface area contributed by atoms with Crippen LogP contribution < -0.4 is 0 Å². The van der Waals surface area contributed by atoms with E-state index in [9.17, 15) is 14.4 Å². The van der Waals surface area contributed by atoms with E-state index < -0.39 is 5.97 Å². The molecular formula is C31H58N2O6. The number of carbonyl (C=O) groups excluding carboxylic acids is 2. The van der Waals surface area contributed by atoms with Crippen molar-refractivity contribution in [3.8, 4) is 0 Å². The molecule has 0 spiro atoms. The lowest BCUT2D eigenvalue weighted by Crippen LogP contribution is -2.32. The van der Waals surface area contributed by atoms with Crippen molar-refractivity contribution in [3.63, 3.8) is 0 Å². The number of amides is 1. The number of aliphatic carboxylic acids is 1. The summed E-state index contributed by atoms with van der Waals surface area (Å²) in [6, 6.07) is 0. The molecular weight excluding hydrogens is 496 g/mol. The summed E-state index contributed by atoms with van der Waals surface area (Å²) < 4.78 is 10.4. The minimum atomic E-state index is -0.707. The molecule has 228 valence electrons. The molecule has 0 aromatic carbocycles. The van der Waals surface area contributed by atoms with E-state index in [4.69, 9.17) is 14.6 Å². The van der Waals surface area contributed by atoms with Crippen molar-refractivity contribution >= 4 is 18.0 Å². The normalized spacial score (nSPS) is 13.3. The van der Waals surface area contributed by atoms with Crippen LogP contribution in [0, 0.1) is 0 Å². The molecule has 0 bridgehead atoms. The summed E-state index contributed by atoms with van der Waals surface area (Å²) in [7, 11) is 0. The fourth-order valence-corrected chi connectivity index (χ4v) is 5.04. The molecule has 1 aliphatic heterocycles. The van der Waals surface area contributed by atoms with E-state index in [2.05, 4.69) is 11.8 Å². The number of esters is 1. The van der Waals surface area contributed by atoms with Gasteiger partial charge in [-0.3, -0.25) is 9.59 Å². The quantitative estimate of drug-likeness (QED) is 0.0807. The molecule has 1 rings (SSSR count). The summed E-state index contributed by atoms with van der Waals surface area (Å²) >= 11 is 0. The number of carboxylic acids is 1. The van der Waals surface area contributed by atoms with Gasteiger partial charge >= 0.3 is 18.0 Å². The smallest absolute Gasteiger partial charge is 0.409 e. The molecule has 0 aromatic heterocycles. The van der Waals surface area contributed by atoms with E-state index in [1.54, 1.807) is 4.90 Å². The molecule has 0 unspecified atom stereocenters. The maximum atomic E-state index is 11.9. The first-order chi connectivity index (χ1) is 19.0. The highest BCUT2D eigenvalue weighted by Gasteiger charge is 2.21. The lowest BCUT2D eigenvalue weighted by molar-refractivity contribution is -0.144. The van der Waals surface area contributed by atoms with E-state index in [1.807, 2.05) is 0 Å². The van der Waals surface area contributed by atoms with Crippen LogP contribution in [0.4, 0.5) is 4.79 Å². The topological polar surface area (TPSA) is 96.4 Å². The maximum Gasteiger partial charge on any atom is 0.409 e. The Kier molecular flexibility index (Phi) is 22.7. The highest BCUT2D eigenvalue weighted by molar-refractivity contribution is 5.69. The highest BCUT2D eigenvalue weighted by atomic mass is 16.6. The molecule has 0 radical (unpaired) electrons. The molecule has 1 N–H and O–H groups in total. The van der Waals surface area contributed by atoms with Gasteiger partial charge in [-0.1, -0.05) is 84.0 Å². The summed E-state index contributed by atoms with van der Waals surface area (Å²) in [5, 5.41) is 8.76. The Hall–Kier alpha value is -1.83. The Bertz CT molecular complexity index is 630. The van der Waals surface area contributed by atoms with Crippen LogP contribution >= 0.6 is 0 Å². The van der Waals surface area contributed by atoms with E-state index in [0.29, 0.717) is 26.2 Å². The monoisotopic (exact) mass is 554 g/mol. The number of nitrogens with zero attached hydrogens (tertiary/aromatic N) is 2. The van der Waals surface area contributed by atoms with Crippen molar-refractivity contribution in [2.45, 2.75) is 135 Å². The molecule has 0 aromatic rings. The fourth-order valence-electron chi connectivity index (χ4n) is 5.04. The first-order valence-corrected chi connectivity index (χ1v) is 16.0. The number of cyclic esters (lactones) is 1. The summed E-state index contributed by atoms with van der Waals surface area (Å²) in [4.78, 5) is 38.6. The Morgan fingerprint density at radius 2 is 1.31 bits per heavy atom. The van der Waals surface area contributed by atoms with Gasteiger partial charge in [0.25, 0.3) is 0 Å². The van der Waals surface area contributed by atoms with Gasteiger partial charge in [-0.2, -0.15) is 0 Å². The summed E-state index contributed by atoms with van der Waals surface area (Å²) in [6.45, 7) is 7.84. The number of ether oxygens (including phenoxy) is 2. The zero-order chi connectivity index (χ0) is 28.4. The third kappa shape index (κ3) is 21.6. The van der Waals surface area contributed by atoms with Crippen LogP contribution in [-0.4, -0.2) is 78.9 Å². The van der Waals surface area contributed by atoms with Gasteiger partial charge in [0.1, 0.15) is 6.61 Å². The lowest BCUT2D eigenvalue weighted by Gasteiger charge is -2.23. The van der Waals surface area contributed by atoms with Crippen LogP contribution in [0.25, 0.3) is 0 Å². The fraction of sp³-hybridized carbons (Fsp3) is 0.903. The molecule has 1 heterocycles. The number of rotatable bonds is 28. The summed E-state index contributed by atoms with van der Waals surface area (Å²) in [5.41, 5.74) is 0. The van der Waals surface area contributed by atoms with E-state index in [1.165, 1.54) is 32.1 Å². The molecule has 1 saturated heterocycles. The number of hydrogen-bond acceptors (Lipinski definition) is 6. The highest BCUT2D eigenvalue weighted by Crippen LogP contribution is 2.12. The standard InChI is InChI=1S/C31H58N2O6/c1-2-3-4-5-6-13-18-27-38-30(36)21-15-10-8-12-17-23-32(22-16-11-7-9-14-20-29(34)35)24-19-25-33-26-28-39-31(33)37/h2-28H2,1H3,(H,34,35). The second kappa shape index (κ2) is 25.2. The third-order valence-electron chi connectivity index (χ3n) is 7.48. The van der Waals surface area contributed by atoms with Gasteiger partial charge in [0.05, 0.1) is 13.2 Å². The largest absolute Gasteiger partial charge is 0.481 e. The van der Waals surface area contributed by atoms with Gasteiger partial charge < -0.3 is 24.4 Å². The van der Waals surface area contributed by atoms with Crippen LogP contribution in [0.1, 0.15) is 135 Å². The first-order valence-electron chi connectivity index (χ1n) is 16.0. The van der Waals surface area contributed by atoms with Crippen LogP contribution in [-0.2, 0) is 19.1 Å². The van der Waals surface area contributed by atoms with Gasteiger partial charge in [0.15, 0.2) is 0 Å². The van der Waals surface area contributed by atoms with Crippen molar-refractivity contribution in [1.29, 1.82) is 0 Å². The molecule has 1 aliphatic rings. The van der Waals surface area contributed by atoms with Crippen LogP contribution in [0.5, 0.6) is 0 Å². The molecule has 0 atom stereocenters. The minimum absolute atomic E-state index is 0.0444. The lowest BCUT2D eigenvalue weighted by atomic mass is 10.1. The van der Waals surface area contributed by atoms with Crippen molar-refractivity contribution in [3.05, 3.63) is 0 Å². The predicted octanol–water partition coefficient (Wildman–Crippen LogP) is 7.19. The number of hydrogen-bond donors (Lipinski definition) is 1. The average molecular weight is 555 g/mol. The zero-order valence-corrected chi connectivity index (χ0v) is 25.0. The van der Waals surface area contributed by atoms with E-state index in [-0.39, 0.29) is 18.5 Å². The predicted molar refractivity (Wildman–Crippen MR) is 156 cm³/mol. The van der Waals surface area contributed by atoms with Crippen LogP contribution in [0.3, 0.4) is 0 Å². The Morgan fingerprint density at radius 3 is 1.90 bits per heavy atom. The van der Waals surface area contributed by atoms with Gasteiger partial charge in [0.2, 0.25) is 0 Å². The molecule has 1 fully saturated rings. The molecule has 8 nitrogen and oxygen atoms in total. The van der Waals surface area contributed by atoms with Crippen LogP contribution in [0.15, 0.2) is 0 Å². The molecule has 39 heavy (non-hydrogen) atoms. The number of carbonyl (C=O) groups is 3. The Labute approximate surface area is 238 Å². The summed E-state index contributed by atoms with van der Waals surface area (Å²) in [6.07, 6.45) is 20.7. The third-order valence-corrected chi connectivity index (χ3v) is 7.48. The minimum Gasteiger partial charge on any atom is -0.481 e. The molecule has 1 amide bonds. The first kappa shape index (κ1) is 35.2. The molecule has 8 heteroatoms. The van der Waals surface area contributed by atoms with E-state index >= 15 is 0 Å². The molecule has 0 aliphatic carbocycles. The van der Waals surface area contributed by atoms with Gasteiger partial charge in [-0.05, 0) is 58.2 Å². The second-order valence-electron chi connectivity index (χ2n) is 11.1. The van der Waals surface area contributed by atoms with E-state index in [0.717, 1.165) is 110 Å². The van der Waals surface area contributed by atoms with Gasteiger partial charge in [-0.15, -0.1) is 0 Å². The van der Waals surface area contributed by atoms with Crippen molar-refractivity contribution < 1.29 is 29.0 Å². The van der Waals surface area contributed by atoms with Crippen molar-refractivity contribution in [2.24, 2.45) is 0 Å². The SMILES string of the molecule is CCCCCCCCCOC(=O)CCCCCCCN(CCCCCCCC(=O)O)CCCN1CCOC1=O. The Morgan fingerprint density at radius 1 is 0.769 bits per heavy atom. The summed E-state index contributed by atoms with van der Waals surface area (Å²) in [5.74, 6) is -0.751. The molecule has 0 saturated carbocycles. The number of carboxylic acid groups (broad SMARTS) is 1. The van der Waals surface area contributed by atoms with Gasteiger partial charge in [-0.25, -0.2) is 4.79 Å². The van der Waals surface area contributed by atoms with Crippen molar-refractivity contribution in [1.82, 2.24) is 9.80 Å². The second-order valence-corrected chi connectivity index (χ2v) is 11.1.